The molecule has 0 spiro atoms. The number of carboxylic acid groups (broad SMARTS) is 1. The van der Waals surface area contributed by atoms with Gasteiger partial charge in [0.05, 0.1) is 0 Å². The van der Waals surface area contributed by atoms with Crippen LogP contribution in [0, 0.1) is 0 Å². The topological polar surface area (TPSA) is 54.4 Å². The number of rotatable bonds is 4. The van der Waals surface area contributed by atoms with E-state index in [1.165, 1.54) is 12.2 Å². The van der Waals surface area contributed by atoms with Crippen LogP contribution in [0.1, 0.15) is 5.56 Å². The third-order valence-electron chi connectivity index (χ3n) is 1.76. The quantitative estimate of drug-likeness (QED) is 0.461. The minimum absolute atomic E-state index is 0.577. The van der Waals surface area contributed by atoms with Crippen molar-refractivity contribution in [1.29, 1.82) is 0 Å². The van der Waals surface area contributed by atoms with E-state index in [1.54, 1.807) is 0 Å². The number of allylic oxidation sites excluding steroid dienone is 3. The maximum Gasteiger partial charge on any atom is 0.328 e. The average Bonchev–Trinajstić information content (AvgIpc) is 2.25. The summed E-state index contributed by atoms with van der Waals surface area (Å²) in [7, 11) is 0. The highest BCUT2D eigenvalue weighted by molar-refractivity contribution is 5.90. The fraction of sp³-hybridized carbons (Fsp3) is 0. The van der Waals surface area contributed by atoms with E-state index in [9.17, 15) is 9.59 Å². The Hall–Kier alpha value is -2.16. The Bertz CT molecular complexity index is 402. The molecule has 1 N–H and O–H groups in total. The SMILES string of the molecule is O=C/C=C(/C=C/C(=O)O)c1ccccc1. The van der Waals surface area contributed by atoms with Crippen LogP contribution in [-0.2, 0) is 9.59 Å². The summed E-state index contributed by atoms with van der Waals surface area (Å²) in [4.78, 5) is 20.7. The molecule has 0 heterocycles. The first-order valence-electron chi connectivity index (χ1n) is 4.36. The average molecular weight is 202 g/mol. The molecule has 0 saturated heterocycles. The molecule has 1 rings (SSSR count). The van der Waals surface area contributed by atoms with Gasteiger partial charge in [-0.25, -0.2) is 4.79 Å². The van der Waals surface area contributed by atoms with Crippen LogP contribution in [0.2, 0.25) is 0 Å². The fourth-order valence-corrected chi connectivity index (χ4v) is 1.11. The Morgan fingerprint density at radius 3 is 2.33 bits per heavy atom. The molecule has 0 saturated carbocycles. The van der Waals surface area contributed by atoms with Crippen LogP contribution in [0.25, 0.3) is 5.57 Å². The first kappa shape index (κ1) is 10.9. The lowest BCUT2D eigenvalue weighted by molar-refractivity contribution is -0.131. The van der Waals surface area contributed by atoms with Crippen LogP contribution >= 0.6 is 0 Å². The van der Waals surface area contributed by atoms with Gasteiger partial charge in [0.1, 0.15) is 6.29 Å². The van der Waals surface area contributed by atoms with E-state index >= 15 is 0 Å². The van der Waals surface area contributed by atoms with Crippen LogP contribution in [0.4, 0.5) is 0 Å². The zero-order chi connectivity index (χ0) is 11.1. The standard InChI is InChI=1S/C12H10O3/c13-9-8-11(6-7-12(14)15)10-4-2-1-3-5-10/h1-9H,(H,14,15)/b7-6+,11-8-. The third-order valence-corrected chi connectivity index (χ3v) is 1.76. The summed E-state index contributed by atoms with van der Waals surface area (Å²) in [6.07, 6.45) is 4.36. The van der Waals surface area contributed by atoms with Crippen molar-refractivity contribution in [3.8, 4) is 0 Å². The minimum Gasteiger partial charge on any atom is -0.478 e. The molecule has 3 heteroatoms. The molecule has 1 aromatic carbocycles. The van der Waals surface area contributed by atoms with Gasteiger partial charge >= 0.3 is 5.97 Å². The highest BCUT2D eigenvalue weighted by atomic mass is 16.4. The second-order valence-corrected chi connectivity index (χ2v) is 2.80. The van der Waals surface area contributed by atoms with Crippen LogP contribution < -0.4 is 0 Å². The van der Waals surface area contributed by atoms with Gasteiger partial charge < -0.3 is 5.11 Å². The van der Waals surface area contributed by atoms with Crippen LogP contribution in [0.3, 0.4) is 0 Å². The maximum absolute atomic E-state index is 10.4. The fourth-order valence-electron chi connectivity index (χ4n) is 1.11. The molecule has 3 nitrogen and oxygen atoms in total. The van der Waals surface area contributed by atoms with Crippen molar-refractivity contribution < 1.29 is 14.7 Å². The number of aliphatic carboxylic acids is 1. The molecule has 1 aromatic rings. The van der Waals surface area contributed by atoms with Crippen molar-refractivity contribution in [3.63, 3.8) is 0 Å². The van der Waals surface area contributed by atoms with E-state index in [0.717, 1.165) is 11.6 Å². The van der Waals surface area contributed by atoms with E-state index in [1.807, 2.05) is 30.3 Å². The van der Waals surface area contributed by atoms with Crippen molar-refractivity contribution in [2.75, 3.05) is 0 Å². The van der Waals surface area contributed by atoms with Crippen molar-refractivity contribution >= 4 is 17.8 Å². The Labute approximate surface area is 87.4 Å². The summed E-state index contributed by atoms with van der Waals surface area (Å²) in [5.74, 6) is -1.04. The summed E-state index contributed by atoms with van der Waals surface area (Å²) in [5.41, 5.74) is 1.38. The van der Waals surface area contributed by atoms with Gasteiger partial charge in [-0.3, -0.25) is 4.79 Å². The molecule has 76 valence electrons. The first-order valence-corrected chi connectivity index (χ1v) is 4.36. The normalized spacial score (nSPS) is 11.6. The third kappa shape index (κ3) is 3.60. The molecule has 0 aliphatic rings. The summed E-state index contributed by atoms with van der Waals surface area (Å²) in [5, 5.41) is 8.48. The predicted molar refractivity (Wildman–Crippen MR) is 57.3 cm³/mol. The largest absolute Gasteiger partial charge is 0.478 e. The lowest BCUT2D eigenvalue weighted by Gasteiger charge is -1.99. The number of carboxylic acids is 1. The molecular formula is C12H10O3. The van der Waals surface area contributed by atoms with Crippen molar-refractivity contribution in [2.24, 2.45) is 0 Å². The zero-order valence-corrected chi connectivity index (χ0v) is 7.96. The van der Waals surface area contributed by atoms with Crippen molar-refractivity contribution in [3.05, 3.63) is 54.1 Å². The monoisotopic (exact) mass is 202 g/mol. The molecule has 0 aliphatic carbocycles. The summed E-state index contributed by atoms with van der Waals surface area (Å²) >= 11 is 0. The molecule has 0 atom stereocenters. The van der Waals surface area contributed by atoms with Gasteiger partial charge in [-0.15, -0.1) is 0 Å². The minimum atomic E-state index is -1.04. The Morgan fingerprint density at radius 1 is 1.13 bits per heavy atom. The van der Waals surface area contributed by atoms with Crippen LogP contribution in [0.15, 0.2) is 48.6 Å². The van der Waals surface area contributed by atoms with Gasteiger partial charge in [0, 0.05) is 6.08 Å². The predicted octanol–water partition coefficient (Wildman–Crippen LogP) is 1.91. The van der Waals surface area contributed by atoms with Crippen LogP contribution in [0.5, 0.6) is 0 Å². The van der Waals surface area contributed by atoms with E-state index in [4.69, 9.17) is 5.11 Å². The second kappa shape index (κ2) is 5.54. The summed E-state index contributed by atoms with van der Waals surface area (Å²) in [6.45, 7) is 0. The Kier molecular flexibility index (Phi) is 4.04. The van der Waals surface area contributed by atoms with Crippen molar-refractivity contribution in [2.45, 2.75) is 0 Å². The number of hydrogen-bond donors (Lipinski definition) is 1. The molecule has 0 bridgehead atoms. The second-order valence-electron chi connectivity index (χ2n) is 2.80. The molecule has 0 amide bonds. The molecule has 15 heavy (non-hydrogen) atoms. The number of hydrogen-bond acceptors (Lipinski definition) is 2. The maximum atomic E-state index is 10.4. The zero-order valence-electron chi connectivity index (χ0n) is 7.96. The van der Waals surface area contributed by atoms with Gasteiger partial charge in [0.2, 0.25) is 0 Å². The van der Waals surface area contributed by atoms with E-state index in [0.29, 0.717) is 11.9 Å². The Balaban J connectivity index is 3.00. The van der Waals surface area contributed by atoms with E-state index in [2.05, 4.69) is 0 Å². The molecule has 0 radical (unpaired) electrons. The number of benzene rings is 1. The number of carbonyl (C=O) groups is 2. The molecule has 0 fully saturated rings. The number of aldehydes is 1. The van der Waals surface area contributed by atoms with Gasteiger partial charge in [0.25, 0.3) is 0 Å². The molecule has 0 aliphatic heterocycles. The van der Waals surface area contributed by atoms with Gasteiger partial charge in [-0.1, -0.05) is 30.3 Å². The number of carbonyl (C=O) groups excluding carboxylic acids is 1. The van der Waals surface area contributed by atoms with Crippen LogP contribution in [-0.4, -0.2) is 17.4 Å². The van der Waals surface area contributed by atoms with Crippen molar-refractivity contribution in [1.82, 2.24) is 0 Å². The molecule has 0 aromatic heterocycles. The smallest absolute Gasteiger partial charge is 0.328 e. The van der Waals surface area contributed by atoms with E-state index < -0.39 is 5.97 Å². The molecular weight excluding hydrogens is 192 g/mol. The lowest BCUT2D eigenvalue weighted by atomic mass is 10.1. The summed E-state index contributed by atoms with van der Waals surface area (Å²) < 4.78 is 0. The van der Waals surface area contributed by atoms with Gasteiger partial charge in [0.15, 0.2) is 0 Å². The highest BCUT2D eigenvalue weighted by Gasteiger charge is 1.96. The van der Waals surface area contributed by atoms with E-state index in [-0.39, 0.29) is 0 Å². The highest BCUT2D eigenvalue weighted by Crippen LogP contribution is 2.14. The molecule has 0 unspecified atom stereocenters. The Morgan fingerprint density at radius 2 is 1.80 bits per heavy atom. The summed E-state index contributed by atoms with van der Waals surface area (Å²) in [6, 6.07) is 9.11. The first-order chi connectivity index (χ1) is 7.24. The van der Waals surface area contributed by atoms with Gasteiger partial charge in [-0.05, 0) is 23.3 Å². The van der Waals surface area contributed by atoms with Gasteiger partial charge in [-0.2, -0.15) is 0 Å². The lowest BCUT2D eigenvalue weighted by Crippen LogP contribution is -1.88.